The Morgan fingerprint density at radius 3 is 2.76 bits per heavy atom. The van der Waals surface area contributed by atoms with Crippen molar-refractivity contribution in [2.45, 2.75) is 13.8 Å². The third-order valence-corrected chi connectivity index (χ3v) is 2.35. The lowest BCUT2D eigenvalue weighted by Gasteiger charge is -2.05. The van der Waals surface area contributed by atoms with Crippen molar-refractivity contribution in [1.29, 1.82) is 5.26 Å². The number of furan rings is 1. The molecule has 0 spiro atoms. The summed E-state index contributed by atoms with van der Waals surface area (Å²) in [6.07, 6.45) is 0. The molecule has 1 N–H and O–H groups in total. The standard InChI is InChI=1S/C13H13N3O/c1-3-15-13-10(8-14)5-6-11(16-13)12-7-4-9(2)17-12/h4-7H,3H2,1-2H3,(H,15,16). The predicted octanol–water partition coefficient (Wildman–Crippen LogP) is 2.95. The number of nitrogens with zero attached hydrogens (tertiary/aromatic N) is 2. The molecule has 0 saturated carbocycles. The van der Waals surface area contributed by atoms with Crippen LogP contribution in [0.15, 0.2) is 28.7 Å². The van der Waals surface area contributed by atoms with Gasteiger partial charge in [0.25, 0.3) is 0 Å². The molecule has 0 unspecified atom stereocenters. The van der Waals surface area contributed by atoms with Crippen LogP contribution in [0.3, 0.4) is 0 Å². The molecule has 0 bridgehead atoms. The van der Waals surface area contributed by atoms with Gasteiger partial charge in [0.1, 0.15) is 23.3 Å². The van der Waals surface area contributed by atoms with Gasteiger partial charge in [-0.05, 0) is 38.1 Å². The van der Waals surface area contributed by atoms with Crippen LogP contribution in [0, 0.1) is 18.3 Å². The average molecular weight is 227 g/mol. The molecule has 2 rings (SSSR count). The Labute approximate surface area is 99.9 Å². The van der Waals surface area contributed by atoms with Crippen LogP contribution >= 0.6 is 0 Å². The highest BCUT2D eigenvalue weighted by Crippen LogP contribution is 2.23. The molecule has 17 heavy (non-hydrogen) atoms. The van der Waals surface area contributed by atoms with Crippen molar-refractivity contribution >= 4 is 5.82 Å². The second kappa shape index (κ2) is 4.71. The lowest BCUT2D eigenvalue weighted by atomic mass is 10.2. The van der Waals surface area contributed by atoms with Crippen LogP contribution in [0.2, 0.25) is 0 Å². The van der Waals surface area contributed by atoms with Crippen LogP contribution in [0.4, 0.5) is 5.82 Å². The van der Waals surface area contributed by atoms with Gasteiger partial charge >= 0.3 is 0 Å². The van der Waals surface area contributed by atoms with E-state index >= 15 is 0 Å². The van der Waals surface area contributed by atoms with Gasteiger partial charge in [0.2, 0.25) is 0 Å². The highest BCUT2D eigenvalue weighted by Gasteiger charge is 2.08. The molecule has 0 radical (unpaired) electrons. The Morgan fingerprint density at radius 2 is 2.18 bits per heavy atom. The van der Waals surface area contributed by atoms with Crippen molar-refractivity contribution in [1.82, 2.24) is 4.98 Å². The molecule has 2 heterocycles. The molecular weight excluding hydrogens is 214 g/mol. The SMILES string of the molecule is CCNc1nc(-c2ccc(C)o2)ccc1C#N. The molecule has 0 atom stereocenters. The summed E-state index contributed by atoms with van der Waals surface area (Å²) in [4.78, 5) is 4.39. The van der Waals surface area contributed by atoms with E-state index in [9.17, 15) is 0 Å². The maximum Gasteiger partial charge on any atom is 0.152 e. The molecule has 0 saturated heterocycles. The molecule has 0 fully saturated rings. The van der Waals surface area contributed by atoms with Crippen LogP contribution in [-0.4, -0.2) is 11.5 Å². The minimum absolute atomic E-state index is 0.541. The van der Waals surface area contributed by atoms with Crippen LogP contribution in [0.1, 0.15) is 18.2 Å². The number of pyridine rings is 1. The number of hydrogen-bond acceptors (Lipinski definition) is 4. The predicted molar refractivity (Wildman–Crippen MR) is 65.6 cm³/mol. The fraction of sp³-hybridized carbons (Fsp3) is 0.231. The molecule has 86 valence electrons. The van der Waals surface area contributed by atoms with Gasteiger partial charge in [0.15, 0.2) is 5.76 Å². The fourth-order valence-electron chi connectivity index (χ4n) is 1.56. The Morgan fingerprint density at radius 1 is 1.35 bits per heavy atom. The zero-order chi connectivity index (χ0) is 12.3. The number of rotatable bonds is 3. The molecular formula is C13H13N3O. The number of nitrogens with one attached hydrogen (secondary N) is 1. The van der Waals surface area contributed by atoms with E-state index in [0.717, 1.165) is 18.0 Å². The van der Waals surface area contributed by atoms with Crippen LogP contribution < -0.4 is 5.32 Å². The normalized spacial score (nSPS) is 9.94. The van der Waals surface area contributed by atoms with Crippen molar-refractivity contribution in [2.75, 3.05) is 11.9 Å². The summed E-state index contributed by atoms with van der Waals surface area (Å²) >= 11 is 0. The number of hydrogen-bond donors (Lipinski definition) is 1. The summed E-state index contributed by atoms with van der Waals surface area (Å²) in [7, 11) is 0. The van der Waals surface area contributed by atoms with Crippen molar-refractivity contribution in [2.24, 2.45) is 0 Å². The minimum Gasteiger partial charge on any atom is -0.460 e. The molecule has 0 aromatic carbocycles. The third-order valence-electron chi connectivity index (χ3n) is 2.35. The Balaban J connectivity index is 2.44. The van der Waals surface area contributed by atoms with Gasteiger partial charge in [0.05, 0.1) is 5.56 Å². The quantitative estimate of drug-likeness (QED) is 0.875. The Bertz CT molecular complexity index is 566. The van der Waals surface area contributed by atoms with Crippen LogP contribution in [0.5, 0.6) is 0 Å². The maximum atomic E-state index is 8.96. The fourth-order valence-corrected chi connectivity index (χ4v) is 1.56. The van der Waals surface area contributed by atoms with E-state index in [-0.39, 0.29) is 0 Å². The maximum absolute atomic E-state index is 8.96. The van der Waals surface area contributed by atoms with E-state index in [2.05, 4.69) is 16.4 Å². The Hall–Kier alpha value is -2.28. The van der Waals surface area contributed by atoms with Crippen molar-refractivity contribution in [3.05, 3.63) is 35.6 Å². The first-order chi connectivity index (χ1) is 8.24. The molecule has 2 aromatic rings. The van der Waals surface area contributed by atoms with Gasteiger partial charge in [-0.3, -0.25) is 0 Å². The van der Waals surface area contributed by atoms with Crippen LogP contribution in [0.25, 0.3) is 11.5 Å². The smallest absolute Gasteiger partial charge is 0.152 e. The topological polar surface area (TPSA) is 61.9 Å². The molecule has 0 aliphatic rings. The number of aromatic nitrogens is 1. The number of anilines is 1. The van der Waals surface area contributed by atoms with E-state index in [1.54, 1.807) is 12.1 Å². The Kier molecular flexibility index (Phi) is 3.10. The van der Waals surface area contributed by atoms with Crippen molar-refractivity contribution in [3.63, 3.8) is 0 Å². The van der Waals surface area contributed by atoms with Gasteiger partial charge in [-0.15, -0.1) is 0 Å². The first-order valence-electron chi connectivity index (χ1n) is 5.46. The van der Waals surface area contributed by atoms with E-state index in [4.69, 9.17) is 9.68 Å². The van der Waals surface area contributed by atoms with E-state index < -0.39 is 0 Å². The molecule has 0 aliphatic heterocycles. The van der Waals surface area contributed by atoms with Gasteiger partial charge in [-0.25, -0.2) is 4.98 Å². The molecule has 4 heteroatoms. The number of nitriles is 1. The molecule has 0 aliphatic carbocycles. The summed E-state index contributed by atoms with van der Waals surface area (Å²) in [5.74, 6) is 2.16. The minimum atomic E-state index is 0.541. The molecule has 0 amide bonds. The molecule has 2 aromatic heterocycles. The summed E-state index contributed by atoms with van der Waals surface area (Å²) < 4.78 is 5.50. The third kappa shape index (κ3) is 2.28. The van der Waals surface area contributed by atoms with Gasteiger partial charge in [-0.2, -0.15) is 5.26 Å². The zero-order valence-corrected chi connectivity index (χ0v) is 9.82. The second-order valence-electron chi connectivity index (χ2n) is 3.65. The largest absolute Gasteiger partial charge is 0.460 e. The van der Waals surface area contributed by atoms with Gasteiger partial charge in [-0.1, -0.05) is 0 Å². The first-order valence-corrected chi connectivity index (χ1v) is 5.46. The lowest BCUT2D eigenvalue weighted by molar-refractivity contribution is 0.546. The van der Waals surface area contributed by atoms with Crippen molar-refractivity contribution in [3.8, 4) is 17.5 Å². The van der Waals surface area contributed by atoms with Gasteiger partial charge < -0.3 is 9.73 Å². The lowest BCUT2D eigenvalue weighted by Crippen LogP contribution is -2.02. The summed E-state index contributed by atoms with van der Waals surface area (Å²) in [6, 6.07) is 9.41. The van der Waals surface area contributed by atoms with E-state index in [1.807, 2.05) is 26.0 Å². The highest BCUT2D eigenvalue weighted by atomic mass is 16.3. The van der Waals surface area contributed by atoms with Gasteiger partial charge in [0, 0.05) is 6.54 Å². The number of aryl methyl sites for hydroxylation is 1. The van der Waals surface area contributed by atoms with Crippen molar-refractivity contribution < 1.29 is 4.42 Å². The summed E-state index contributed by atoms with van der Waals surface area (Å²) in [5.41, 5.74) is 1.27. The zero-order valence-electron chi connectivity index (χ0n) is 9.82. The molecule has 4 nitrogen and oxygen atoms in total. The van der Waals surface area contributed by atoms with E-state index in [1.165, 1.54) is 0 Å². The highest BCUT2D eigenvalue weighted by molar-refractivity contribution is 5.61. The van der Waals surface area contributed by atoms with Crippen LogP contribution in [-0.2, 0) is 0 Å². The monoisotopic (exact) mass is 227 g/mol. The summed E-state index contributed by atoms with van der Waals surface area (Å²) in [6.45, 7) is 4.58. The summed E-state index contributed by atoms with van der Waals surface area (Å²) in [5, 5.41) is 12.0. The average Bonchev–Trinajstić information content (AvgIpc) is 2.76. The van der Waals surface area contributed by atoms with E-state index in [0.29, 0.717) is 17.1 Å². The first kappa shape index (κ1) is 11.2. The second-order valence-corrected chi connectivity index (χ2v) is 3.65.